The monoisotopic (exact) mass is 184 g/mol. The van der Waals surface area contributed by atoms with Crippen LogP contribution in [0.15, 0.2) is 24.0 Å². The minimum absolute atomic E-state index is 0.184. The third kappa shape index (κ3) is 5.66. The van der Waals surface area contributed by atoms with Crippen molar-refractivity contribution >= 4 is 11.9 Å². The predicted molar refractivity (Wildman–Crippen MR) is 46.9 cm³/mol. The van der Waals surface area contributed by atoms with Gasteiger partial charge in [0.05, 0.1) is 6.26 Å². The fourth-order valence-corrected chi connectivity index (χ4v) is 0.453. The Bertz CT molecular complexity index is 250. The molecule has 0 aliphatic rings. The largest absolute Gasteiger partial charge is 0.478 e. The van der Waals surface area contributed by atoms with Crippen LogP contribution >= 0.6 is 0 Å². The maximum absolute atomic E-state index is 10.6. The standard InChI is InChI=1S/C9H12O4/c1-3-8(10)13-6-4-5-7(2)9(11)12/h4-6H,3H2,1-2H3,(H,11,12). The normalized spacial score (nSPS) is 11.7. The number of aliphatic carboxylic acids is 1. The highest BCUT2D eigenvalue weighted by molar-refractivity contribution is 5.86. The molecule has 4 heteroatoms. The molecular formula is C9H12O4. The van der Waals surface area contributed by atoms with Gasteiger partial charge in [0, 0.05) is 12.0 Å². The first-order valence-corrected chi connectivity index (χ1v) is 3.84. The van der Waals surface area contributed by atoms with E-state index < -0.39 is 5.97 Å². The summed E-state index contributed by atoms with van der Waals surface area (Å²) in [4.78, 5) is 20.9. The summed E-state index contributed by atoms with van der Waals surface area (Å²) in [6.45, 7) is 3.13. The zero-order chi connectivity index (χ0) is 10.3. The van der Waals surface area contributed by atoms with Crippen LogP contribution in [0.5, 0.6) is 0 Å². The molecule has 0 rings (SSSR count). The van der Waals surface area contributed by atoms with Crippen molar-refractivity contribution < 1.29 is 19.4 Å². The van der Waals surface area contributed by atoms with Crippen molar-refractivity contribution in [2.75, 3.05) is 0 Å². The number of carboxylic acid groups (broad SMARTS) is 1. The van der Waals surface area contributed by atoms with Gasteiger partial charge in [-0.25, -0.2) is 4.79 Å². The Balaban J connectivity index is 3.94. The van der Waals surface area contributed by atoms with E-state index in [1.54, 1.807) is 6.92 Å². The molecule has 0 heterocycles. The molecule has 0 amide bonds. The average molecular weight is 184 g/mol. The van der Waals surface area contributed by atoms with Crippen LogP contribution in [0.1, 0.15) is 20.3 Å². The van der Waals surface area contributed by atoms with Crippen molar-refractivity contribution in [2.24, 2.45) is 0 Å². The number of ether oxygens (including phenoxy) is 1. The van der Waals surface area contributed by atoms with Crippen molar-refractivity contribution in [3.63, 3.8) is 0 Å². The number of allylic oxidation sites excluding steroid dienone is 2. The molecule has 0 unspecified atom stereocenters. The number of carbonyl (C=O) groups excluding carboxylic acids is 1. The molecule has 0 aliphatic carbocycles. The highest BCUT2D eigenvalue weighted by Gasteiger charge is 1.96. The summed E-state index contributed by atoms with van der Waals surface area (Å²) in [5.41, 5.74) is 0.184. The molecule has 72 valence electrons. The van der Waals surface area contributed by atoms with Gasteiger partial charge in [-0.3, -0.25) is 4.79 Å². The van der Waals surface area contributed by atoms with Gasteiger partial charge < -0.3 is 9.84 Å². The molecular weight excluding hydrogens is 172 g/mol. The van der Waals surface area contributed by atoms with E-state index >= 15 is 0 Å². The van der Waals surface area contributed by atoms with Crippen LogP contribution in [-0.4, -0.2) is 17.0 Å². The smallest absolute Gasteiger partial charge is 0.331 e. The number of hydrogen-bond acceptors (Lipinski definition) is 3. The van der Waals surface area contributed by atoms with Crippen LogP contribution in [0, 0.1) is 0 Å². The number of rotatable bonds is 4. The fraction of sp³-hybridized carbons (Fsp3) is 0.333. The molecule has 0 saturated carbocycles. The van der Waals surface area contributed by atoms with E-state index in [0.29, 0.717) is 6.42 Å². The van der Waals surface area contributed by atoms with Crippen molar-refractivity contribution in [3.05, 3.63) is 24.0 Å². The molecule has 0 aromatic rings. The molecule has 0 fully saturated rings. The Kier molecular flexibility index (Phi) is 5.27. The Morgan fingerprint density at radius 1 is 1.46 bits per heavy atom. The van der Waals surface area contributed by atoms with Gasteiger partial charge in [0.2, 0.25) is 0 Å². The van der Waals surface area contributed by atoms with Gasteiger partial charge in [-0.1, -0.05) is 6.92 Å². The third-order valence-corrected chi connectivity index (χ3v) is 1.25. The van der Waals surface area contributed by atoms with E-state index in [0.717, 1.165) is 6.26 Å². The second-order valence-corrected chi connectivity index (χ2v) is 2.33. The van der Waals surface area contributed by atoms with E-state index in [9.17, 15) is 9.59 Å². The maximum atomic E-state index is 10.6. The Labute approximate surface area is 76.5 Å². The van der Waals surface area contributed by atoms with E-state index in [2.05, 4.69) is 4.74 Å². The van der Waals surface area contributed by atoms with Crippen molar-refractivity contribution in [1.82, 2.24) is 0 Å². The molecule has 0 aliphatic heterocycles. The SMILES string of the molecule is CCC(=O)OC=CC=C(C)C(=O)O. The molecule has 4 nitrogen and oxygen atoms in total. The zero-order valence-electron chi connectivity index (χ0n) is 7.61. The summed E-state index contributed by atoms with van der Waals surface area (Å²) in [6.07, 6.45) is 4.19. The summed E-state index contributed by atoms with van der Waals surface area (Å²) in [5.74, 6) is -1.34. The highest BCUT2D eigenvalue weighted by atomic mass is 16.5. The van der Waals surface area contributed by atoms with Crippen molar-refractivity contribution in [3.8, 4) is 0 Å². The van der Waals surface area contributed by atoms with Crippen molar-refractivity contribution in [2.45, 2.75) is 20.3 Å². The van der Waals surface area contributed by atoms with E-state index in [4.69, 9.17) is 5.11 Å². The van der Waals surface area contributed by atoms with E-state index in [-0.39, 0.29) is 11.5 Å². The average Bonchev–Trinajstić information content (AvgIpc) is 2.11. The third-order valence-electron chi connectivity index (χ3n) is 1.25. The lowest BCUT2D eigenvalue weighted by Gasteiger charge is -1.92. The van der Waals surface area contributed by atoms with Crippen LogP contribution in [-0.2, 0) is 14.3 Å². The summed E-state index contributed by atoms with van der Waals surface area (Å²) < 4.78 is 4.56. The maximum Gasteiger partial charge on any atom is 0.331 e. The van der Waals surface area contributed by atoms with Gasteiger partial charge in [-0.2, -0.15) is 0 Å². The van der Waals surface area contributed by atoms with E-state index in [1.165, 1.54) is 19.1 Å². The Morgan fingerprint density at radius 2 is 2.08 bits per heavy atom. The predicted octanol–water partition coefficient (Wildman–Crippen LogP) is 1.48. The number of carbonyl (C=O) groups is 2. The second-order valence-electron chi connectivity index (χ2n) is 2.33. The van der Waals surface area contributed by atoms with Crippen LogP contribution < -0.4 is 0 Å². The van der Waals surface area contributed by atoms with Gasteiger partial charge in [0.25, 0.3) is 0 Å². The molecule has 0 aromatic carbocycles. The summed E-state index contributed by atoms with van der Waals surface area (Å²) in [7, 11) is 0. The topological polar surface area (TPSA) is 63.6 Å². The van der Waals surface area contributed by atoms with E-state index in [1.807, 2.05) is 0 Å². The molecule has 0 saturated heterocycles. The fourth-order valence-electron chi connectivity index (χ4n) is 0.453. The van der Waals surface area contributed by atoms with Crippen LogP contribution in [0.2, 0.25) is 0 Å². The van der Waals surface area contributed by atoms with Gasteiger partial charge >= 0.3 is 11.9 Å². The lowest BCUT2D eigenvalue weighted by Crippen LogP contribution is -1.96. The first-order chi connectivity index (χ1) is 6.07. The summed E-state index contributed by atoms with van der Waals surface area (Å²) in [5, 5.41) is 8.43. The Morgan fingerprint density at radius 3 is 2.54 bits per heavy atom. The summed E-state index contributed by atoms with van der Waals surface area (Å²) >= 11 is 0. The van der Waals surface area contributed by atoms with Crippen molar-refractivity contribution in [1.29, 1.82) is 0 Å². The quantitative estimate of drug-likeness (QED) is 0.311. The van der Waals surface area contributed by atoms with Gasteiger partial charge in [-0.15, -0.1) is 0 Å². The zero-order valence-corrected chi connectivity index (χ0v) is 7.61. The first-order valence-electron chi connectivity index (χ1n) is 3.84. The number of hydrogen-bond donors (Lipinski definition) is 1. The second kappa shape index (κ2) is 5.99. The minimum Gasteiger partial charge on any atom is -0.478 e. The van der Waals surface area contributed by atoms with Crippen LogP contribution in [0.3, 0.4) is 0 Å². The first kappa shape index (κ1) is 11.4. The molecule has 0 radical (unpaired) electrons. The Hall–Kier alpha value is -1.58. The highest BCUT2D eigenvalue weighted by Crippen LogP contribution is 1.93. The van der Waals surface area contributed by atoms with Gasteiger partial charge in [-0.05, 0) is 19.1 Å². The molecule has 1 N–H and O–H groups in total. The van der Waals surface area contributed by atoms with Crippen LogP contribution in [0.4, 0.5) is 0 Å². The lowest BCUT2D eigenvalue weighted by atomic mass is 10.3. The van der Waals surface area contributed by atoms with Crippen LogP contribution in [0.25, 0.3) is 0 Å². The molecule has 0 aromatic heterocycles. The number of esters is 1. The number of carboxylic acids is 1. The molecule has 0 spiro atoms. The molecule has 0 bridgehead atoms. The van der Waals surface area contributed by atoms with Gasteiger partial charge in [0.15, 0.2) is 0 Å². The molecule has 13 heavy (non-hydrogen) atoms. The summed E-state index contributed by atoms with van der Waals surface area (Å²) in [6, 6.07) is 0. The minimum atomic E-state index is -0.994. The molecule has 0 atom stereocenters. The van der Waals surface area contributed by atoms with Gasteiger partial charge in [0.1, 0.15) is 0 Å². The lowest BCUT2D eigenvalue weighted by molar-refractivity contribution is -0.137.